The fourth-order valence-corrected chi connectivity index (χ4v) is 1.89. The Kier molecular flexibility index (Phi) is 4.24. The third-order valence-electron chi connectivity index (χ3n) is 1.89. The lowest BCUT2D eigenvalue weighted by Gasteiger charge is -2.07. The zero-order valence-electron chi connectivity index (χ0n) is 8.09. The van der Waals surface area contributed by atoms with Gasteiger partial charge in [-0.15, -0.1) is 0 Å². The number of aryl methyl sites for hydroxylation is 1. The first-order chi connectivity index (χ1) is 7.04. The van der Waals surface area contributed by atoms with Crippen LogP contribution in [-0.2, 0) is 11.2 Å². The highest BCUT2D eigenvalue weighted by molar-refractivity contribution is 6.37. The maximum Gasteiger partial charge on any atom is 0.303 e. The molecule has 0 radical (unpaired) electrons. The molecule has 3 nitrogen and oxygen atoms in total. The third-order valence-corrected chi connectivity index (χ3v) is 2.45. The molecule has 1 N–H and O–H groups in total. The lowest BCUT2D eigenvalue weighted by Crippen LogP contribution is -1.98. The Balaban J connectivity index is 2.88. The Morgan fingerprint density at radius 3 is 2.33 bits per heavy atom. The molecule has 0 saturated heterocycles. The Bertz CT molecular complexity index is 354. The van der Waals surface area contributed by atoms with Crippen molar-refractivity contribution in [2.45, 2.75) is 12.8 Å². The summed E-state index contributed by atoms with van der Waals surface area (Å²) in [7, 11) is 1.48. The molecule has 0 saturated carbocycles. The Labute approximate surface area is 97.6 Å². The van der Waals surface area contributed by atoms with Crippen LogP contribution in [0.25, 0.3) is 0 Å². The molecule has 5 heteroatoms. The van der Waals surface area contributed by atoms with Gasteiger partial charge in [0.05, 0.1) is 17.2 Å². The normalized spacial score (nSPS) is 10.1. The van der Waals surface area contributed by atoms with Gasteiger partial charge in [-0.3, -0.25) is 4.79 Å². The van der Waals surface area contributed by atoms with Gasteiger partial charge in [-0.2, -0.15) is 0 Å². The molecule has 0 spiro atoms. The number of rotatable bonds is 4. The summed E-state index contributed by atoms with van der Waals surface area (Å²) < 4.78 is 4.98. The first kappa shape index (κ1) is 12.1. The van der Waals surface area contributed by atoms with E-state index in [0.717, 1.165) is 5.56 Å². The SMILES string of the molecule is COc1c(Cl)cc(CCC(=O)O)cc1Cl. The summed E-state index contributed by atoms with van der Waals surface area (Å²) in [6, 6.07) is 3.32. The number of ether oxygens (including phenoxy) is 1. The minimum Gasteiger partial charge on any atom is -0.494 e. The number of hydrogen-bond acceptors (Lipinski definition) is 2. The van der Waals surface area contributed by atoms with Crippen LogP contribution in [0.1, 0.15) is 12.0 Å². The predicted molar refractivity (Wildman–Crippen MR) is 59.0 cm³/mol. The van der Waals surface area contributed by atoms with Gasteiger partial charge in [0.2, 0.25) is 0 Å². The fraction of sp³-hybridized carbons (Fsp3) is 0.300. The van der Waals surface area contributed by atoms with Crippen LogP contribution in [0.3, 0.4) is 0 Å². The maximum absolute atomic E-state index is 10.4. The van der Waals surface area contributed by atoms with E-state index in [2.05, 4.69) is 0 Å². The first-order valence-electron chi connectivity index (χ1n) is 4.28. The summed E-state index contributed by atoms with van der Waals surface area (Å²) in [6.45, 7) is 0. The average Bonchev–Trinajstić information content (AvgIpc) is 2.14. The van der Waals surface area contributed by atoms with Crippen LogP contribution in [0.15, 0.2) is 12.1 Å². The van der Waals surface area contributed by atoms with Crippen LogP contribution in [0.4, 0.5) is 0 Å². The highest BCUT2D eigenvalue weighted by Crippen LogP contribution is 2.34. The topological polar surface area (TPSA) is 46.5 Å². The Morgan fingerprint density at radius 1 is 1.40 bits per heavy atom. The minimum absolute atomic E-state index is 0.0546. The number of carboxylic acids is 1. The molecule has 1 aromatic carbocycles. The van der Waals surface area contributed by atoms with Crippen molar-refractivity contribution in [1.29, 1.82) is 0 Å². The molecule has 82 valence electrons. The van der Waals surface area contributed by atoms with Crippen molar-refractivity contribution in [2.75, 3.05) is 7.11 Å². The summed E-state index contributed by atoms with van der Waals surface area (Å²) in [5.74, 6) is -0.435. The van der Waals surface area contributed by atoms with Crippen molar-refractivity contribution in [1.82, 2.24) is 0 Å². The predicted octanol–water partition coefficient (Wildman–Crippen LogP) is 3.02. The van der Waals surface area contributed by atoms with Crippen LogP contribution >= 0.6 is 23.2 Å². The molecule has 0 aliphatic rings. The first-order valence-corrected chi connectivity index (χ1v) is 5.04. The van der Waals surface area contributed by atoms with E-state index >= 15 is 0 Å². The van der Waals surface area contributed by atoms with Crippen molar-refractivity contribution in [2.24, 2.45) is 0 Å². The quantitative estimate of drug-likeness (QED) is 0.892. The van der Waals surface area contributed by atoms with Crippen LogP contribution in [0, 0.1) is 0 Å². The summed E-state index contributed by atoms with van der Waals surface area (Å²) in [5.41, 5.74) is 0.785. The highest BCUT2D eigenvalue weighted by atomic mass is 35.5. The number of halogens is 2. The number of hydrogen-bond donors (Lipinski definition) is 1. The second kappa shape index (κ2) is 5.24. The van der Waals surface area contributed by atoms with Crippen molar-refractivity contribution in [3.05, 3.63) is 27.7 Å². The standard InChI is InChI=1S/C10H10Cl2O3/c1-15-10-7(11)4-6(5-8(10)12)2-3-9(13)14/h4-5H,2-3H2,1H3,(H,13,14). The lowest BCUT2D eigenvalue weighted by molar-refractivity contribution is -0.136. The largest absolute Gasteiger partial charge is 0.494 e. The van der Waals surface area contributed by atoms with E-state index in [1.165, 1.54) is 7.11 Å². The van der Waals surface area contributed by atoms with Gasteiger partial charge in [0, 0.05) is 6.42 Å². The molecule has 0 bridgehead atoms. The number of carbonyl (C=O) groups is 1. The van der Waals surface area contributed by atoms with Gasteiger partial charge in [-0.25, -0.2) is 0 Å². The molecule has 0 heterocycles. The Morgan fingerprint density at radius 2 is 1.93 bits per heavy atom. The van der Waals surface area contributed by atoms with Gasteiger partial charge >= 0.3 is 5.97 Å². The molecular formula is C10H10Cl2O3. The average molecular weight is 249 g/mol. The zero-order chi connectivity index (χ0) is 11.4. The van der Waals surface area contributed by atoms with Crippen LogP contribution in [0.5, 0.6) is 5.75 Å². The second-order valence-electron chi connectivity index (χ2n) is 2.99. The van der Waals surface area contributed by atoms with Crippen LogP contribution < -0.4 is 4.74 Å². The van der Waals surface area contributed by atoms with Gasteiger partial charge < -0.3 is 9.84 Å². The molecule has 0 aromatic heterocycles. The van der Waals surface area contributed by atoms with Gasteiger partial charge in [-0.1, -0.05) is 23.2 Å². The molecule has 0 unspecified atom stereocenters. The molecule has 0 amide bonds. The second-order valence-corrected chi connectivity index (χ2v) is 3.80. The molecule has 0 aliphatic carbocycles. The maximum atomic E-state index is 10.4. The summed E-state index contributed by atoms with van der Waals surface area (Å²) in [5, 5.41) is 9.31. The van der Waals surface area contributed by atoms with E-state index in [1.54, 1.807) is 12.1 Å². The van der Waals surface area contributed by atoms with Crippen LogP contribution in [-0.4, -0.2) is 18.2 Å². The van der Waals surface area contributed by atoms with E-state index in [1.807, 2.05) is 0 Å². The zero-order valence-corrected chi connectivity index (χ0v) is 9.60. The summed E-state index contributed by atoms with van der Waals surface area (Å²) >= 11 is 11.8. The molecular weight excluding hydrogens is 239 g/mol. The van der Waals surface area contributed by atoms with Crippen molar-refractivity contribution < 1.29 is 14.6 Å². The highest BCUT2D eigenvalue weighted by Gasteiger charge is 2.09. The van der Waals surface area contributed by atoms with E-state index < -0.39 is 5.97 Å². The van der Waals surface area contributed by atoms with Gasteiger partial charge in [0.25, 0.3) is 0 Å². The number of aliphatic carboxylic acids is 1. The van der Waals surface area contributed by atoms with Crippen molar-refractivity contribution in [3.63, 3.8) is 0 Å². The van der Waals surface area contributed by atoms with E-state index in [9.17, 15) is 4.79 Å². The number of carboxylic acid groups (broad SMARTS) is 1. The molecule has 1 aromatic rings. The minimum atomic E-state index is -0.849. The number of benzene rings is 1. The monoisotopic (exact) mass is 248 g/mol. The molecule has 0 fully saturated rings. The molecule has 15 heavy (non-hydrogen) atoms. The summed E-state index contributed by atoms with van der Waals surface area (Å²) in [4.78, 5) is 10.4. The van der Waals surface area contributed by atoms with Crippen molar-refractivity contribution >= 4 is 29.2 Å². The molecule has 1 rings (SSSR count). The van der Waals surface area contributed by atoms with Gasteiger partial charge in [0.1, 0.15) is 0 Å². The third kappa shape index (κ3) is 3.29. The van der Waals surface area contributed by atoms with Crippen molar-refractivity contribution in [3.8, 4) is 5.75 Å². The van der Waals surface area contributed by atoms with Gasteiger partial charge in [0.15, 0.2) is 5.75 Å². The van der Waals surface area contributed by atoms with Gasteiger partial charge in [-0.05, 0) is 24.1 Å². The smallest absolute Gasteiger partial charge is 0.303 e. The molecule has 0 atom stereocenters. The lowest BCUT2D eigenvalue weighted by atomic mass is 10.1. The van der Waals surface area contributed by atoms with E-state index in [0.29, 0.717) is 22.2 Å². The van der Waals surface area contributed by atoms with E-state index in [-0.39, 0.29) is 6.42 Å². The summed E-state index contributed by atoms with van der Waals surface area (Å²) in [6.07, 6.45) is 0.456. The Hall–Kier alpha value is -0.930. The van der Waals surface area contributed by atoms with Crippen LogP contribution in [0.2, 0.25) is 10.0 Å². The fourth-order valence-electron chi connectivity index (χ4n) is 1.20. The number of methoxy groups -OCH3 is 1. The van der Waals surface area contributed by atoms with E-state index in [4.69, 9.17) is 33.0 Å². The molecule has 0 aliphatic heterocycles.